The summed E-state index contributed by atoms with van der Waals surface area (Å²) in [7, 11) is 0. The number of primary amides is 1. The number of halogens is 1. The predicted octanol–water partition coefficient (Wildman–Crippen LogP) is 3.31. The lowest BCUT2D eigenvalue weighted by molar-refractivity contribution is 0.0999. The second-order valence-electron chi connectivity index (χ2n) is 5.36. The normalized spacial score (nSPS) is 17.0. The zero-order chi connectivity index (χ0) is 14.3. The zero-order valence-electron chi connectivity index (χ0n) is 11.3. The van der Waals surface area contributed by atoms with E-state index in [0.717, 1.165) is 28.7 Å². The molecule has 0 saturated carbocycles. The Kier molecular flexibility index (Phi) is 3.05. The van der Waals surface area contributed by atoms with Crippen molar-refractivity contribution in [1.29, 1.82) is 0 Å². The number of carbonyl (C=O) groups is 1. The number of carbonyl (C=O) groups excluding carboxylic acids is 1. The molecule has 1 amide bonds. The fourth-order valence-electron chi connectivity index (χ4n) is 3.17. The van der Waals surface area contributed by atoms with Crippen molar-refractivity contribution < 1.29 is 9.18 Å². The summed E-state index contributed by atoms with van der Waals surface area (Å²) in [6, 6.07) is 10.9. The van der Waals surface area contributed by atoms with E-state index >= 15 is 0 Å². The highest BCUT2D eigenvalue weighted by atomic mass is 19.1. The van der Waals surface area contributed by atoms with Gasteiger partial charge in [-0.15, -0.1) is 0 Å². The van der Waals surface area contributed by atoms with Crippen molar-refractivity contribution >= 4 is 5.91 Å². The number of benzene rings is 2. The average molecular weight is 269 g/mol. The van der Waals surface area contributed by atoms with E-state index < -0.39 is 5.91 Å². The van der Waals surface area contributed by atoms with Gasteiger partial charge in [-0.2, -0.15) is 0 Å². The third kappa shape index (κ3) is 1.99. The van der Waals surface area contributed by atoms with E-state index in [1.54, 1.807) is 18.2 Å². The highest BCUT2D eigenvalue weighted by Gasteiger charge is 2.28. The van der Waals surface area contributed by atoms with Gasteiger partial charge in [0.05, 0.1) is 0 Å². The van der Waals surface area contributed by atoms with Gasteiger partial charge in [0.2, 0.25) is 5.91 Å². The molecule has 0 unspecified atom stereocenters. The summed E-state index contributed by atoms with van der Waals surface area (Å²) < 4.78 is 14.0. The molecule has 1 aliphatic rings. The zero-order valence-corrected chi connectivity index (χ0v) is 11.3. The topological polar surface area (TPSA) is 43.1 Å². The number of amides is 1. The van der Waals surface area contributed by atoms with Crippen LogP contribution in [-0.4, -0.2) is 5.91 Å². The van der Waals surface area contributed by atoms with E-state index in [1.165, 1.54) is 0 Å². The molecule has 0 spiro atoms. The van der Waals surface area contributed by atoms with E-state index in [0.29, 0.717) is 12.0 Å². The first-order valence-electron chi connectivity index (χ1n) is 6.75. The van der Waals surface area contributed by atoms with Crippen molar-refractivity contribution in [3.8, 4) is 0 Å². The number of nitrogens with two attached hydrogens (primary N) is 1. The molecule has 102 valence electrons. The average Bonchev–Trinajstić information content (AvgIpc) is 2.82. The van der Waals surface area contributed by atoms with Crippen LogP contribution in [-0.2, 0) is 6.42 Å². The van der Waals surface area contributed by atoms with E-state index in [4.69, 9.17) is 5.73 Å². The number of rotatable bonds is 2. The van der Waals surface area contributed by atoms with Crippen molar-refractivity contribution in [3.05, 3.63) is 70.0 Å². The van der Waals surface area contributed by atoms with Crippen LogP contribution in [0.5, 0.6) is 0 Å². The highest BCUT2D eigenvalue weighted by molar-refractivity contribution is 5.94. The Bertz CT molecular complexity index is 693. The molecule has 0 saturated heterocycles. The van der Waals surface area contributed by atoms with Crippen molar-refractivity contribution in [3.63, 3.8) is 0 Å². The minimum atomic E-state index is -0.429. The van der Waals surface area contributed by atoms with Crippen LogP contribution in [0.15, 0.2) is 36.4 Å². The van der Waals surface area contributed by atoms with Crippen LogP contribution in [0.25, 0.3) is 0 Å². The molecule has 0 fully saturated rings. The molecule has 0 aliphatic heterocycles. The van der Waals surface area contributed by atoms with Gasteiger partial charge >= 0.3 is 0 Å². The van der Waals surface area contributed by atoms with Gasteiger partial charge in [-0.05, 0) is 54.2 Å². The van der Waals surface area contributed by atoms with Crippen LogP contribution in [0.1, 0.15) is 45.0 Å². The van der Waals surface area contributed by atoms with Gasteiger partial charge in [0, 0.05) is 11.5 Å². The fraction of sp³-hybridized carbons (Fsp3) is 0.235. The molecule has 0 heterocycles. The largest absolute Gasteiger partial charge is 0.366 e. The minimum Gasteiger partial charge on any atom is -0.366 e. The molecular formula is C17H16FNO. The van der Waals surface area contributed by atoms with E-state index in [-0.39, 0.29) is 11.7 Å². The number of hydrogen-bond donors (Lipinski definition) is 1. The molecule has 3 heteroatoms. The van der Waals surface area contributed by atoms with Crippen LogP contribution >= 0.6 is 0 Å². The van der Waals surface area contributed by atoms with Crippen molar-refractivity contribution in [2.45, 2.75) is 25.7 Å². The Morgan fingerprint density at radius 3 is 2.75 bits per heavy atom. The summed E-state index contributed by atoms with van der Waals surface area (Å²) in [5, 5.41) is 0. The Morgan fingerprint density at radius 1 is 1.25 bits per heavy atom. The van der Waals surface area contributed by atoms with Gasteiger partial charge in [0.1, 0.15) is 5.82 Å². The van der Waals surface area contributed by atoms with Gasteiger partial charge in [-0.25, -0.2) is 4.39 Å². The van der Waals surface area contributed by atoms with Gasteiger partial charge in [0.15, 0.2) is 0 Å². The molecule has 2 aromatic carbocycles. The Labute approximate surface area is 117 Å². The first-order chi connectivity index (χ1) is 9.58. The van der Waals surface area contributed by atoms with E-state index in [2.05, 4.69) is 0 Å². The summed E-state index contributed by atoms with van der Waals surface area (Å²) >= 11 is 0. The molecule has 3 rings (SSSR count). The third-order valence-corrected chi connectivity index (χ3v) is 4.03. The van der Waals surface area contributed by atoms with Gasteiger partial charge in [-0.1, -0.05) is 24.3 Å². The lowest BCUT2D eigenvalue weighted by Gasteiger charge is -2.16. The first-order valence-corrected chi connectivity index (χ1v) is 6.75. The van der Waals surface area contributed by atoms with E-state index in [1.807, 2.05) is 25.1 Å². The summed E-state index contributed by atoms with van der Waals surface area (Å²) in [6.07, 6.45) is 1.53. The first kappa shape index (κ1) is 12.9. The smallest absolute Gasteiger partial charge is 0.248 e. The SMILES string of the molecule is Cc1cc(F)c2c(c1)[C@@H](c1ccccc1C(N)=O)CC2. The summed E-state index contributed by atoms with van der Waals surface area (Å²) in [4.78, 5) is 11.6. The molecule has 1 aliphatic carbocycles. The molecule has 2 aromatic rings. The molecule has 0 bridgehead atoms. The molecule has 20 heavy (non-hydrogen) atoms. The Hall–Kier alpha value is -2.16. The van der Waals surface area contributed by atoms with Gasteiger partial charge in [0.25, 0.3) is 0 Å². The Balaban J connectivity index is 2.15. The van der Waals surface area contributed by atoms with Crippen LogP contribution < -0.4 is 5.73 Å². The maximum absolute atomic E-state index is 14.0. The van der Waals surface area contributed by atoms with Crippen molar-refractivity contribution in [2.24, 2.45) is 5.73 Å². The summed E-state index contributed by atoms with van der Waals surface area (Å²) in [5.74, 6) is -0.510. The number of fused-ring (bicyclic) bond motifs is 1. The predicted molar refractivity (Wildman–Crippen MR) is 76.3 cm³/mol. The van der Waals surface area contributed by atoms with Crippen molar-refractivity contribution in [2.75, 3.05) is 0 Å². The van der Waals surface area contributed by atoms with Gasteiger partial charge < -0.3 is 5.73 Å². The monoisotopic (exact) mass is 269 g/mol. The molecule has 1 atom stereocenters. The molecule has 2 nitrogen and oxygen atoms in total. The second-order valence-corrected chi connectivity index (χ2v) is 5.36. The van der Waals surface area contributed by atoms with Crippen LogP contribution in [0.3, 0.4) is 0 Å². The van der Waals surface area contributed by atoms with Crippen LogP contribution in [0, 0.1) is 12.7 Å². The third-order valence-electron chi connectivity index (χ3n) is 4.03. The molecule has 0 aromatic heterocycles. The number of hydrogen-bond acceptors (Lipinski definition) is 1. The molecule has 0 radical (unpaired) electrons. The van der Waals surface area contributed by atoms with E-state index in [9.17, 15) is 9.18 Å². The maximum Gasteiger partial charge on any atom is 0.248 e. The lowest BCUT2D eigenvalue weighted by Crippen LogP contribution is -2.15. The Morgan fingerprint density at radius 2 is 2.00 bits per heavy atom. The van der Waals surface area contributed by atoms with Crippen LogP contribution in [0.4, 0.5) is 4.39 Å². The lowest BCUT2D eigenvalue weighted by atomic mass is 9.88. The highest BCUT2D eigenvalue weighted by Crippen LogP contribution is 2.40. The van der Waals surface area contributed by atoms with Gasteiger partial charge in [-0.3, -0.25) is 4.79 Å². The standard InChI is InChI=1S/C17H16FNO/c1-10-8-15-12(6-7-13(15)16(18)9-10)11-4-2-3-5-14(11)17(19)20/h2-5,8-9,12H,6-7H2,1H3,(H2,19,20)/t12-/m1/s1. The molecular weight excluding hydrogens is 253 g/mol. The number of aryl methyl sites for hydroxylation is 1. The minimum absolute atomic E-state index is 0.0584. The van der Waals surface area contributed by atoms with Crippen molar-refractivity contribution in [1.82, 2.24) is 0 Å². The molecule has 2 N–H and O–H groups in total. The van der Waals surface area contributed by atoms with Crippen LogP contribution in [0.2, 0.25) is 0 Å². The quantitative estimate of drug-likeness (QED) is 0.893. The fourth-order valence-corrected chi connectivity index (χ4v) is 3.17. The maximum atomic E-state index is 14.0. The summed E-state index contributed by atoms with van der Waals surface area (Å²) in [5.41, 5.74) is 9.57. The summed E-state index contributed by atoms with van der Waals surface area (Å²) in [6.45, 7) is 1.89. The second kappa shape index (κ2) is 4.75.